The molecule has 1 aromatic rings. The van der Waals surface area contributed by atoms with Gasteiger partial charge in [0, 0.05) is 0 Å². The molecule has 0 saturated heterocycles. The Morgan fingerprint density at radius 2 is 1.76 bits per heavy atom. The zero-order valence-corrected chi connectivity index (χ0v) is 12.6. The minimum atomic E-state index is -1.10. The first-order valence-corrected chi connectivity index (χ1v) is 7.49. The summed E-state index contributed by atoms with van der Waals surface area (Å²) in [4.78, 5) is 23.6. The maximum absolute atomic E-state index is 12.4. The molecule has 21 heavy (non-hydrogen) atoms. The molecule has 0 radical (unpaired) electrons. The Morgan fingerprint density at radius 3 is 2.29 bits per heavy atom. The van der Waals surface area contributed by atoms with Gasteiger partial charge in [-0.05, 0) is 50.2 Å². The van der Waals surface area contributed by atoms with Crippen molar-refractivity contribution in [1.29, 1.82) is 0 Å². The monoisotopic (exact) mass is 290 g/mol. The highest BCUT2D eigenvalue weighted by atomic mass is 16.6. The SMILES string of the molecule is CC(C)CC1(OC(=O)c2ccccc2C(=O)O)CCCC1. The number of hydrogen-bond donors (Lipinski definition) is 1. The maximum atomic E-state index is 12.4. The fourth-order valence-electron chi connectivity index (χ4n) is 3.21. The fourth-order valence-corrected chi connectivity index (χ4v) is 3.21. The van der Waals surface area contributed by atoms with E-state index in [1.54, 1.807) is 12.1 Å². The maximum Gasteiger partial charge on any atom is 0.339 e. The zero-order valence-electron chi connectivity index (χ0n) is 12.6. The van der Waals surface area contributed by atoms with Gasteiger partial charge in [-0.2, -0.15) is 0 Å². The van der Waals surface area contributed by atoms with Gasteiger partial charge in [0.25, 0.3) is 0 Å². The van der Waals surface area contributed by atoms with E-state index in [9.17, 15) is 14.7 Å². The Labute approximate surface area is 125 Å². The molecule has 1 saturated carbocycles. The summed E-state index contributed by atoms with van der Waals surface area (Å²) in [6, 6.07) is 6.22. The van der Waals surface area contributed by atoms with Gasteiger partial charge in [0.2, 0.25) is 0 Å². The second-order valence-corrected chi connectivity index (χ2v) is 6.23. The topological polar surface area (TPSA) is 63.6 Å². The van der Waals surface area contributed by atoms with Crippen LogP contribution in [0, 0.1) is 5.92 Å². The average Bonchev–Trinajstić information content (AvgIpc) is 2.85. The van der Waals surface area contributed by atoms with Crippen molar-refractivity contribution < 1.29 is 19.4 Å². The molecule has 2 rings (SSSR count). The molecule has 1 aromatic carbocycles. The molecule has 1 aliphatic carbocycles. The molecule has 0 amide bonds. The van der Waals surface area contributed by atoms with Gasteiger partial charge in [0.15, 0.2) is 0 Å². The normalized spacial score (nSPS) is 16.9. The molecule has 0 bridgehead atoms. The number of carboxylic acids is 1. The first-order valence-electron chi connectivity index (χ1n) is 7.49. The molecule has 0 unspecified atom stereocenters. The van der Waals surface area contributed by atoms with Crippen molar-refractivity contribution in [1.82, 2.24) is 0 Å². The quantitative estimate of drug-likeness (QED) is 0.835. The lowest BCUT2D eigenvalue weighted by molar-refractivity contribution is -0.0254. The molecule has 0 heterocycles. The second kappa shape index (κ2) is 6.29. The van der Waals surface area contributed by atoms with Crippen LogP contribution in [0.25, 0.3) is 0 Å². The van der Waals surface area contributed by atoms with Crippen LogP contribution < -0.4 is 0 Å². The highest BCUT2D eigenvalue weighted by molar-refractivity contribution is 6.02. The lowest BCUT2D eigenvalue weighted by Crippen LogP contribution is -2.34. The molecule has 0 spiro atoms. The van der Waals surface area contributed by atoms with Gasteiger partial charge in [0.05, 0.1) is 11.1 Å². The Balaban J connectivity index is 2.22. The van der Waals surface area contributed by atoms with Crippen LogP contribution in [-0.2, 0) is 4.74 Å². The van der Waals surface area contributed by atoms with Gasteiger partial charge >= 0.3 is 11.9 Å². The van der Waals surface area contributed by atoms with Gasteiger partial charge in [-0.25, -0.2) is 9.59 Å². The van der Waals surface area contributed by atoms with E-state index in [0.717, 1.165) is 32.1 Å². The van der Waals surface area contributed by atoms with E-state index < -0.39 is 17.5 Å². The van der Waals surface area contributed by atoms with Gasteiger partial charge in [-0.15, -0.1) is 0 Å². The predicted molar refractivity (Wildman–Crippen MR) is 79.5 cm³/mol. The summed E-state index contributed by atoms with van der Waals surface area (Å²) in [5, 5.41) is 9.18. The van der Waals surface area contributed by atoms with Crippen molar-refractivity contribution in [3.05, 3.63) is 35.4 Å². The van der Waals surface area contributed by atoms with Crippen molar-refractivity contribution in [2.24, 2.45) is 5.92 Å². The van der Waals surface area contributed by atoms with Gasteiger partial charge in [0.1, 0.15) is 5.60 Å². The molecule has 1 N–H and O–H groups in total. The molecular formula is C17H22O4. The molecule has 0 aliphatic heterocycles. The Hall–Kier alpha value is -1.84. The Bertz CT molecular complexity index is 527. The molecule has 4 heteroatoms. The number of benzene rings is 1. The summed E-state index contributed by atoms with van der Waals surface area (Å²) in [6.07, 6.45) is 4.67. The van der Waals surface area contributed by atoms with E-state index in [0.29, 0.717) is 5.92 Å². The molecule has 0 atom stereocenters. The lowest BCUT2D eigenvalue weighted by Gasteiger charge is -2.31. The number of hydrogen-bond acceptors (Lipinski definition) is 3. The van der Waals surface area contributed by atoms with Crippen LogP contribution in [0.5, 0.6) is 0 Å². The van der Waals surface area contributed by atoms with E-state index in [2.05, 4.69) is 13.8 Å². The highest BCUT2D eigenvalue weighted by Crippen LogP contribution is 2.39. The van der Waals surface area contributed by atoms with Crippen LogP contribution in [0.3, 0.4) is 0 Å². The van der Waals surface area contributed by atoms with Crippen LogP contribution in [0.1, 0.15) is 66.7 Å². The minimum Gasteiger partial charge on any atom is -0.478 e. The summed E-state index contributed by atoms with van der Waals surface area (Å²) in [7, 11) is 0. The van der Waals surface area contributed by atoms with Gasteiger partial charge < -0.3 is 9.84 Å². The summed E-state index contributed by atoms with van der Waals surface area (Å²) < 4.78 is 5.78. The average molecular weight is 290 g/mol. The van der Waals surface area contributed by atoms with Crippen LogP contribution in [0.4, 0.5) is 0 Å². The zero-order chi connectivity index (χ0) is 15.5. The first kappa shape index (κ1) is 15.5. The van der Waals surface area contributed by atoms with Crippen LogP contribution in [0.15, 0.2) is 24.3 Å². The minimum absolute atomic E-state index is 0.000180. The van der Waals surface area contributed by atoms with Crippen molar-refractivity contribution >= 4 is 11.9 Å². The summed E-state index contributed by atoms with van der Waals surface area (Å²) in [5.74, 6) is -1.19. The molecule has 0 aromatic heterocycles. The van der Waals surface area contributed by atoms with Crippen molar-refractivity contribution in [2.75, 3.05) is 0 Å². The third-order valence-electron chi connectivity index (χ3n) is 3.98. The Kier molecular flexibility index (Phi) is 4.66. The number of rotatable bonds is 5. The number of ether oxygens (including phenoxy) is 1. The molecule has 4 nitrogen and oxygen atoms in total. The predicted octanol–water partition coefficient (Wildman–Crippen LogP) is 3.90. The summed E-state index contributed by atoms with van der Waals surface area (Å²) in [6.45, 7) is 4.22. The number of aromatic carboxylic acids is 1. The molecular weight excluding hydrogens is 268 g/mol. The molecule has 114 valence electrons. The van der Waals surface area contributed by atoms with Crippen molar-refractivity contribution in [3.63, 3.8) is 0 Å². The lowest BCUT2D eigenvalue weighted by atomic mass is 9.90. The summed E-state index contributed by atoms with van der Waals surface area (Å²) >= 11 is 0. The third kappa shape index (κ3) is 3.63. The summed E-state index contributed by atoms with van der Waals surface area (Å²) in [5.41, 5.74) is -0.281. The van der Waals surface area contributed by atoms with Crippen molar-refractivity contribution in [3.8, 4) is 0 Å². The number of esters is 1. The number of carbonyl (C=O) groups is 2. The molecule has 1 aliphatic rings. The van der Waals surface area contributed by atoms with Crippen LogP contribution in [-0.4, -0.2) is 22.6 Å². The van der Waals surface area contributed by atoms with Crippen LogP contribution in [0.2, 0.25) is 0 Å². The first-order chi connectivity index (χ1) is 9.93. The van der Waals surface area contributed by atoms with Gasteiger partial charge in [-0.3, -0.25) is 0 Å². The van der Waals surface area contributed by atoms with E-state index >= 15 is 0 Å². The standard InChI is InChI=1S/C17H22O4/c1-12(2)11-17(9-5-6-10-17)21-16(20)14-8-4-3-7-13(14)15(18)19/h3-4,7-8,12H,5-6,9-11H2,1-2H3,(H,18,19). The second-order valence-electron chi connectivity index (χ2n) is 6.23. The smallest absolute Gasteiger partial charge is 0.339 e. The molecule has 1 fully saturated rings. The van der Waals surface area contributed by atoms with E-state index in [1.807, 2.05) is 0 Å². The number of carbonyl (C=O) groups excluding carboxylic acids is 1. The van der Waals surface area contributed by atoms with E-state index in [1.165, 1.54) is 12.1 Å². The van der Waals surface area contributed by atoms with Crippen LogP contribution >= 0.6 is 0 Å². The largest absolute Gasteiger partial charge is 0.478 e. The third-order valence-corrected chi connectivity index (χ3v) is 3.98. The van der Waals surface area contributed by atoms with Gasteiger partial charge in [-0.1, -0.05) is 26.0 Å². The number of carboxylic acid groups (broad SMARTS) is 1. The highest BCUT2D eigenvalue weighted by Gasteiger charge is 2.38. The Morgan fingerprint density at radius 1 is 1.19 bits per heavy atom. The van der Waals surface area contributed by atoms with E-state index in [4.69, 9.17) is 4.74 Å². The van der Waals surface area contributed by atoms with E-state index in [-0.39, 0.29) is 11.1 Å². The fraction of sp³-hybridized carbons (Fsp3) is 0.529. The van der Waals surface area contributed by atoms with Crippen molar-refractivity contribution in [2.45, 2.75) is 51.6 Å².